The Hall–Kier alpha value is -0.680. The Kier molecular flexibility index (Phi) is 3.53. The van der Waals surface area contributed by atoms with Crippen molar-refractivity contribution in [1.82, 2.24) is 9.89 Å². The first kappa shape index (κ1) is 10.8. The molecule has 1 aromatic heterocycles. The molecule has 1 N–H and O–H groups in total. The Morgan fingerprint density at radius 2 is 2.00 bits per heavy atom. The van der Waals surface area contributed by atoms with Crippen LogP contribution in [0.25, 0.3) is 0 Å². The second-order valence-corrected chi connectivity index (χ2v) is 5.78. The zero-order chi connectivity index (χ0) is 10.7. The number of hydrogen-bond acceptors (Lipinski definition) is 3. The van der Waals surface area contributed by atoms with E-state index in [2.05, 4.69) is 20.7 Å². The minimum Gasteiger partial charge on any atom is -0.353 e. The van der Waals surface area contributed by atoms with Crippen LogP contribution in [0.15, 0.2) is 10.8 Å². The summed E-state index contributed by atoms with van der Waals surface area (Å²) in [6.45, 7) is 3.71. The fourth-order valence-corrected chi connectivity index (χ4v) is 3.74. The van der Waals surface area contributed by atoms with Crippen LogP contribution < -0.4 is 13.9 Å². The van der Waals surface area contributed by atoms with Crippen molar-refractivity contribution in [2.45, 2.75) is 25.8 Å². The molecule has 0 aliphatic carbocycles. The van der Waals surface area contributed by atoms with Crippen molar-refractivity contribution >= 4 is 28.6 Å². The van der Waals surface area contributed by atoms with Crippen molar-refractivity contribution in [2.75, 3.05) is 13.1 Å². The summed E-state index contributed by atoms with van der Waals surface area (Å²) >= 11 is 3.60. The molecule has 0 radical (unpaired) electrons. The molecule has 0 spiro atoms. The highest BCUT2D eigenvalue weighted by Gasteiger charge is 2.22. The van der Waals surface area contributed by atoms with Crippen LogP contribution in [0.4, 0.5) is 0 Å². The summed E-state index contributed by atoms with van der Waals surface area (Å²) in [5.41, 5.74) is 0. The van der Waals surface area contributed by atoms with E-state index in [0.29, 0.717) is 6.04 Å². The molecule has 3 nitrogen and oxygen atoms in total. The van der Waals surface area contributed by atoms with Crippen LogP contribution in [0.5, 0.6) is 0 Å². The summed E-state index contributed by atoms with van der Waals surface area (Å²) in [6.07, 6.45) is 2.12. The SMILES string of the molecule is CC(=O)NC1CC[N+](=c2sccs2)CC1. The van der Waals surface area contributed by atoms with Gasteiger partial charge in [-0.3, -0.25) is 4.79 Å². The first-order valence-electron chi connectivity index (χ1n) is 5.13. The molecule has 0 saturated carbocycles. The molecule has 2 rings (SSSR count). The van der Waals surface area contributed by atoms with E-state index in [1.54, 1.807) is 29.6 Å². The molecule has 15 heavy (non-hydrogen) atoms. The lowest BCUT2D eigenvalue weighted by atomic mass is 10.1. The third-order valence-electron chi connectivity index (χ3n) is 2.55. The van der Waals surface area contributed by atoms with Crippen LogP contribution >= 0.6 is 22.7 Å². The molecule has 5 heteroatoms. The fraction of sp³-hybridized carbons (Fsp3) is 0.600. The van der Waals surface area contributed by atoms with Crippen molar-refractivity contribution in [1.29, 1.82) is 0 Å². The average molecular weight is 243 g/mol. The molecule has 82 valence electrons. The van der Waals surface area contributed by atoms with Gasteiger partial charge in [0.25, 0.3) is 0 Å². The molecule has 1 aliphatic heterocycles. The maximum atomic E-state index is 10.9. The predicted molar refractivity (Wildman–Crippen MR) is 64.0 cm³/mol. The second kappa shape index (κ2) is 4.90. The number of nitrogens with one attached hydrogen (secondary N) is 1. The second-order valence-electron chi connectivity index (χ2n) is 3.74. The van der Waals surface area contributed by atoms with Crippen LogP contribution in [0.3, 0.4) is 0 Å². The zero-order valence-corrected chi connectivity index (χ0v) is 10.4. The van der Waals surface area contributed by atoms with E-state index in [9.17, 15) is 4.79 Å². The lowest BCUT2D eigenvalue weighted by molar-refractivity contribution is -0.119. The summed E-state index contributed by atoms with van der Waals surface area (Å²) in [4.78, 5) is 10.9. The largest absolute Gasteiger partial charge is 0.353 e. The quantitative estimate of drug-likeness (QED) is 0.730. The normalized spacial score (nSPS) is 21.4. The molecule has 1 aliphatic rings. The minimum atomic E-state index is 0.0902. The molecule has 1 aromatic rings. The van der Waals surface area contributed by atoms with Gasteiger partial charge in [-0.05, 0) is 0 Å². The molecule has 0 unspecified atom stereocenters. The smallest absolute Gasteiger partial charge is 0.313 e. The van der Waals surface area contributed by atoms with E-state index in [0.717, 1.165) is 25.9 Å². The average Bonchev–Trinajstić information content (AvgIpc) is 2.71. The van der Waals surface area contributed by atoms with Gasteiger partial charge in [-0.1, -0.05) is 22.7 Å². The monoisotopic (exact) mass is 243 g/mol. The maximum absolute atomic E-state index is 10.9. The van der Waals surface area contributed by atoms with Crippen LogP contribution in [0.2, 0.25) is 0 Å². The molecule has 0 atom stereocenters. The number of rotatable bonds is 1. The summed E-state index contributed by atoms with van der Waals surface area (Å²) in [5, 5.41) is 7.24. The number of carbonyl (C=O) groups excluding carboxylic acids is 1. The van der Waals surface area contributed by atoms with Gasteiger partial charge in [0, 0.05) is 36.6 Å². The van der Waals surface area contributed by atoms with Gasteiger partial charge in [0.05, 0.1) is 0 Å². The Labute approximate surface area is 97.1 Å². The summed E-state index contributed by atoms with van der Waals surface area (Å²) in [5.74, 6) is 0.0902. The predicted octanol–water partition coefficient (Wildman–Crippen LogP) is 0.880. The molecule has 0 bridgehead atoms. The van der Waals surface area contributed by atoms with Gasteiger partial charge in [-0.2, -0.15) is 0 Å². The first-order chi connectivity index (χ1) is 7.25. The molecule has 1 saturated heterocycles. The van der Waals surface area contributed by atoms with Gasteiger partial charge >= 0.3 is 3.98 Å². The van der Waals surface area contributed by atoms with E-state index in [4.69, 9.17) is 0 Å². The van der Waals surface area contributed by atoms with Gasteiger partial charge in [-0.25, -0.2) is 4.58 Å². The highest BCUT2D eigenvalue weighted by molar-refractivity contribution is 7.24. The van der Waals surface area contributed by atoms with Crippen molar-refractivity contribution in [3.8, 4) is 0 Å². The number of carbonyl (C=O) groups is 1. The van der Waals surface area contributed by atoms with Crippen LogP contribution in [-0.4, -0.2) is 25.0 Å². The van der Waals surface area contributed by atoms with E-state index in [-0.39, 0.29) is 5.91 Å². The molecular weight excluding hydrogens is 228 g/mol. The fourth-order valence-electron chi connectivity index (χ4n) is 1.84. The highest BCUT2D eigenvalue weighted by atomic mass is 32.2. The topological polar surface area (TPSA) is 32.1 Å². The van der Waals surface area contributed by atoms with Crippen LogP contribution in [0, 0.1) is 0 Å². The van der Waals surface area contributed by atoms with Crippen molar-refractivity contribution in [2.24, 2.45) is 0 Å². The zero-order valence-electron chi connectivity index (χ0n) is 8.73. The van der Waals surface area contributed by atoms with Gasteiger partial charge in [0.15, 0.2) is 0 Å². The molecule has 2 heterocycles. The summed E-state index contributed by atoms with van der Waals surface area (Å²) < 4.78 is 3.80. The Morgan fingerprint density at radius 1 is 1.40 bits per heavy atom. The van der Waals surface area contributed by atoms with Gasteiger partial charge in [0.1, 0.15) is 13.1 Å². The standard InChI is InChI=1S/C10H14N2OS2/c1-8(13)11-9-2-4-12(5-3-9)10-14-6-7-15-10/h6-7,9H,2-5H2,1H3/p+1. The number of piperidine rings is 1. The first-order valence-corrected chi connectivity index (χ1v) is 6.89. The molecule has 1 fully saturated rings. The van der Waals surface area contributed by atoms with Crippen molar-refractivity contribution < 1.29 is 4.79 Å². The molecule has 0 aromatic carbocycles. The Morgan fingerprint density at radius 3 is 2.53 bits per heavy atom. The van der Waals surface area contributed by atoms with Crippen molar-refractivity contribution in [3.05, 3.63) is 14.7 Å². The lowest BCUT2D eigenvalue weighted by Gasteiger charge is -2.20. The third kappa shape index (κ3) is 2.89. The minimum absolute atomic E-state index is 0.0902. The van der Waals surface area contributed by atoms with Crippen LogP contribution in [0.1, 0.15) is 19.8 Å². The van der Waals surface area contributed by atoms with E-state index < -0.39 is 0 Å². The molecule has 1 amide bonds. The lowest BCUT2D eigenvalue weighted by Crippen LogP contribution is -2.44. The number of nitrogens with zero attached hydrogens (tertiary/aromatic N) is 1. The molecular formula is C10H15N2OS2+. The maximum Gasteiger partial charge on any atom is 0.313 e. The van der Waals surface area contributed by atoms with Crippen LogP contribution in [-0.2, 0) is 4.79 Å². The van der Waals surface area contributed by atoms with E-state index in [1.165, 1.54) is 3.98 Å². The third-order valence-corrected chi connectivity index (χ3v) is 4.77. The Bertz CT molecular complexity index is 381. The van der Waals surface area contributed by atoms with Gasteiger partial charge in [0.2, 0.25) is 5.91 Å². The number of hydrogen-bond donors (Lipinski definition) is 1. The Balaban J connectivity index is 1.99. The van der Waals surface area contributed by atoms with E-state index >= 15 is 0 Å². The van der Waals surface area contributed by atoms with Crippen molar-refractivity contribution in [3.63, 3.8) is 0 Å². The number of amides is 1. The summed E-state index contributed by atoms with van der Waals surface area (Å²) in [6, 6.07) is 0.378. The van der Waals surface area contributed by atoms with Gasteiger partial charge in [-0.15, -0.1) is 0 Å². The van der Waals surface area contributed by atoms with Gasteiger partial charge < -0.3 is 5.32 Å². The summed E-state index contributed by atoms with van der Waals surface area (Å²) in [7, 11) is 0. The van der Waals surface area contributed by atoms with E-state index in [1.807, 2.05) is 0 Å². The highest BCUT2D eigenvalue weighted by Crippen LogP contribution is 2.05.